The van der Waals surface area contributed by atoms with Crippen LogP contribution in [-0.2, 0) is 47.8 Å². The molecule has 0 saturated heterocycles. The first kappa shape index (κ1) is 48.6. The van der Waals surface area contributed by atoms with Crippen molar-refractivity contribution in [3.63, 3.8) is 0 Å². The molecule has 2 aromatic heterocycles. The highest BCUT2D eigenvalue weighted by molar-refractivity contribution is 6.23. The van der Waals surface area contributed by atoms with Crippen LogP contribution in [0.3, 0.4) is 0 Å². The van der Waals surface area contributed by atoms with E-state index in [1.165, 1.54) is 0 Å². The largest absolute Gasteiger partial charge is 0.871 e. The maximum atomic E-state index is 13.3. The minimum atomic E-state index is -0.985. The fraction of sp³-hybridized carbons (Fsp3) is 0.233. The van der Waals surface area contributed by atoms with E-state index >= 15 is 0 Å². The van der Waals surface area contributed by atoms with E-state index in [9.17, 15) is 34.5 Å². The summed E-state index contributed by atoms with van der Waals surface area (Å²) in [4.78, 5) is 54.0. The molecule has 0 spiro atoms. The third kappa shape index (κ3) is 8.36. The fourth-order valence-corrected chi connectivity index (χ4v) is 10.5. The molecule has 4 aromatic carbocycles. The van der Waals surface area contributed by atoms with Crippen molar-refractivity contribution in [3.8, 4) is 0 Å². The summed E-state index contributed by atoms with van der Waals surface area (Å²) in [5.41, 5.74) is 8.18. The van der Waals surface area contributed by atoms with Crippen LogP contribution in [0.1, 0.15) is 71.0 Å². The Kier molecular flexibility index (Phi) is 12.9. The number of benzene rings is 4. The molecule has 12 nitrogen and oxygen atoms in total. The van der Waals surface area contributed by atoms with E-state index in [-0.39, 0.29) is 71.0 Å². The zero-order chi connectivity index (χ0) is 51.2. The Hall–Kier alpha value is -8.38. The summed E-state index contributed by atoms with van der Waals surface area (Å²) in [6.45, 7) is 15.3. The van der Waals surface area contributed by atoms with Crippen molar-refractivity contribution in [2.24, 2.45) is 0 Å². The number of allylic oxidation sites excluding steroid dienone is 8. The van der Waals surface area contributed by atoms with Crippen molar-refractivity contribution >= 4 is 68.8 Å². The maximum absolute atomic E-state index is 13.3. The standard InChI is InChI=1S/C31H30N2O4.C29H26N2O4/c1-5-32-21(16-15-20-11-7-9-13-25(20)32)17-22-29(35)23(30(22)36)18-27-31(3,4)24-12-8-10-14-26(24)33(27)19-28(34)37-6-2;1-4-30-19(14-13-18-9-5-7-11-23(18)30)15-20-27(34)21(28(20)35)16-25-29(2,3)22-10-6-8-12-24(22)31(25)17-26(32)33/h7-18H,5-6,19H2,1-4H3;5-16H,4,17H2,1-3H3,(H-,32,33,34,35). The molecule has 0 radical (unpaired) electrons. The number of rotatable bonds is 11. The van der Waals surface area contributed by atoms with Gasteiger partial charge in [-0.3, -0.25) is 19.2 Å². The van der Waals surface area contributed by atoms with Gasteiger partial charge in [0.05, 0.1) is 6.61 Å². The quantitative estimate of drug-likeness (QED) is 0.0785. The Morgan fingerprint density at radius 3 is 1.38 bits per heavy atom. The van der Waals surface area contributed by atoms with E-state index in [4.69, 9.17) is 4.74 Å². The third-order valence-corrected chi connectivity index (χ3v) is 14.2. The van der Waals surface area contributed by atoms with Gasteiger partial charge >= 0.3 is 11.9 Å². The summed E-state index contributed by atoms with van der Waals surface area (Å²) in [7, 11) is 0. The molecule has 0 amide bonds. The van der Waals surface area contributed by atoms with Gasteiger partial charge in [-0.1, -0.05) is 99.9 Å². The average molecular weight is 961 g/mol. The van der Waals surface area contributed by atoms with Crippen LogP contribution in [0, 0.1) is 0 Å². The summed E-state index contributed by atoms with van der Waals surface area (Å²) in [5.74, 6) is -2.55. The number of Topliss-reactive ketones (excluding diaryl/α,β-unsaturated/α-hetero) is 2. The molecule has 10 rings (SSSR count). The molecule has 0 atom stereocenters. The zero-order valence-electron chi connectivity index (χ0n) is 41.5. The van der Waals surface area contributed by atoms with Crippen LogP contribution in [0.25, 0.3) is 34.0 Å². The second-order valence-corrected chi connectivity index (χ2v) is 19.1. The lowest BCUT2D eigenvalue weighted by molar-refractivity contribution is -0.669. The number of carbonyl (C=O) groups excluding carboxylic acids is 3. The van der Waals surface area contributed by atoms with Crippen LogP contribution in [0.2, 0.25) is 0 Å². The molecule has 72 heavy (non-hydrogen) atoms. The van der Waals surface area contributed by atoms with Crippen molar-refractivity contribution in [2.45, 2.75) is 72.4 Å². The van der Waals surface area contributed by atoms with Crippen LogP contribution < -0.4 is 29.1 Å². The Bertz CT molecular complexity index is 3480. The number of fused-ring (bicyclic) bond motifs is 4. The van der Waals surface area contributed by atoms with Gasteiger partial charge in [-0.2, -0.15) is 9.13 Å². The van der Waals surface area contributed by atoms with E-state index < -0.39 is 16.8 Å². The molecule has 0 unspecified atom stereocenters. The van der Waals surface area contributed by atoms with Crippen molar-refractivity contribution in [1.82, 2.24) is 0 Å². The van der Waals surface area contributed by atoms with E-state index in [0.717, 1.165) is 61.4 Å². The van der Waals surface area contributed by atoms with Crippen LogP contribution >= 0.6 is 0 Å². The summed E-state index contributed by atoms with van der Waals surface area (Å²) in [6.07, 6.45) is 6.59. The van der Waals surface area contributed by atoms with Crippen molar-refractivity contribution in [2.75, 3.05) is 29.5 Å². The molecule has 2 aliphatic carbocycles. The van der Waals surface area contributed by atoms with Gasteiger partial charge in [0.2, 0.25) is 22.4 Å². The lowest BCUT2D eigenvalue weighted by atomic mass is 9.80. The molecule has 364 valence electrons. The van der Waals surface area contributed by atoms with Gasteiger partial charge in [0.1, 0.15) is 26.2 Å². The predicted molar refractivity (Wildman–Crippen MR) is 274 cm³/mol. The van der Waals surface area contributed by atoms with E-state index in [1.807, 2.05) is 168 Å². The van der Waals surface area contributed by atoms with Gasteiger partial charge in [0, 0.05) is 103 Å². The van der Waals surface area contributed by atoms with Crippen LogP contribution in [0.15, 0.2) is 179 Å². The smallest absolute Gasteiger partial charge is 0.325 e. The lowest BCUT2D eigenvalue weighted by Crippen LogP contribution is -2.38. The second kappa shape index (κ2) is 19.1. The Morgan fingerprint density at radius 2 is 0.972 bits per heavy atom. The number of carboxylic acid groups (broad SMARTS) is 1. The Labute approximate surface area is 418 Å². The first-order valence-corrected chi connectivity index (χ1v) is 24.3. The average Bonchev–Trinajstić information content (AvgIpc) is 3.72. The second-order valence-electron chi connectivity index (χ2n) is 19.1. The summed E-state index contributed by atoms with van der Waals surface area (Å²) < 4.78 is 9.37. The fourth-order valence-electron chi connectivity index (χ4n) is 10.5. The number of aryl methyl sites for hydroxylation is 2. The van der Waals surface area contributed by atoms with Gasteiger partial charge in [0.15, 0.2) is 11.6 Å². The first-order valence-electron chi connectivity index (χ1n) is 24.3. The number of nitrogens with zero attached hydrogens (tertiary/aromatic N) is 4. The number of carboxylic acids is 1. The molecule has 0 bridgehead atoms. The normalized spacial score (nSPS) is 18.7. The predicted octanol–water partition coefficient (Wildman–Crippen LogP) is 7.47. The number of hydrogen-bond acceptors (Lipinski definition) is 9. The first-order chi connectivity index (χ1) is 34.5. The van der Waals surface area contributed by atoms with E-state index in [1.54, 1.807) is 36.1 Å². The maximum Gasteiger partial charge on any atom is 0.325 e. The number of ether oxygens (including phenoxy) is 1. The summed E-state index contributed by atoms with van der Waals surface area (Å²) >= 11 is 0. The van der Waals surface area contributed by atoms with Crippen LogP contribution in [-0.4, -0.2) is 48.3 Å². The van der Waals surface area contributed by atoms with Gasteiger partial charge in [-0.25, -0.2) is 0 Å². The monoisotopic (exact) mass is 960 g/mol. The van der Waals surface area contributed by atoms with E-state index in [2.05, 4.69) is 9.13 Å². The Morgan fingerprint density at radius 1 is 0.569 bits per heavy atom. The number of carbonyl (C=O) groups is 4. The Balaban J connectivity index is 0.000000178. The topological polar surface area (TPSA) is 158 Å². The molecule has 4 heterocycles. The molecule has 4 aliphatic rings. The highest BCUT2D eigenvalue weighted by atomic mass is 16.5. The number of ketones is 2. The third-order valence-electron chi connectivity index (χ3n) is 14.2. The van der Waals surface area contributed by atoms with Gasteiger partial charge in [-0.05, 0) is 80.4 Å². The number of esters is 1. The molecule has 6 aromatic rings. The van der Waals surface area contributed by atoms with Crippen molar-refractivity contribution in [1.29, 1.82) is 0 Å². The highest BCUT2D eigenvalue weighted by Gasteiger charge is 2.43. The van der Waals surface area contributed by atoms with Gasteiger partial charge in [0.25, 0.3) is 0 Å². The molecule has 1 N–H and O–H groups in total. The van der Waals surface area contributed by atoms with Crippen molar-refractivity contribution < 1.29 is 48.4 Å². The van der Waals surface area contributed by atoms with Gasteiger partial charge in [-0.15, -0.1) is 0 Å². The number of para-hydroxylation sites is 4. The SMILES string of the molecule is CCOC(=O)CN1C(=CC2=C([O-])C(=Cc3ccc4ccccc4[n+]3CC)C2=O)C(C)(C)c2ccccc21.CC[n+]1c(C=C2C(=O)C(C=C3N(CC(=O)O)c4ccccc4C3(C)C)=C2[O-])ccc2ccccc21. The number of pyridine rings is 2. The molecule has 2 aliphatic heterocycles. The van der Waals surface area contributed by atoms with Gasteiger partial charge < -0.3 is 29.9 Å². The number of aromatic nitrogens is 2. The van der Waals surface area contributed by atoms with Crippen LogP contribution in [0.4, 0.5) is 11.4 Å². The molecular weight excluding hydrogens is 905 g/mol. The molecule has 0 fully saturated rings. The number of anilines is 2. The minimum Gasteiger partial charge on any atom is -0.871 e. The number of aliphatic carboxylic acids is 1. The highest BCUT2D eigenvalue weighted by Crippen LogP contribution is 2.50. The van der Waals surface area contributed by atoms with E-state index in [0.29, 0.717) is 18.8 Å². The van der Waals surface area contributed by atoms with Crippen molar-refractivity contribution in [3.05, 3.63) is 201 Å². The lowest BCUT2D eigenvalue weighted by Gasteiger charge is -2.32. The summed E-state index contributed by atoms with van der Waals surface area (Å²) in [6, 6.07) is 39.3. The summed E-state index contributed by atoms with van der Waals surface area (Å²) in [5, 5.41) is 38.1. The molecule has 0 saturated carbocycles. The minimum absolute atomic E-state index is 0.00602. The molecule has 12 heteroatoms. The molecular formula is C60H56N4O8. The number of hydrogen-bond donors (Lipinski definition) is 1. The zero-order valence-corrected chi connectivity index (χ0v) is 41.5. The van der Waals surface area contributed by atoms with Crippen LogP contribution in [0.5, 0.6) is 0 Å².